The molecule has 0 unspecified atom stereocenters. The topological polar surface area (TPSA) is 109 Å². The maximum Gasteiger partial charge on any atom is 0.242 e. The molecule has 0 saturated carbocycles. The first-order valence-corrected chi connectivity index (χ1v) is 11.5. The summed E-state index contributed by atoms with van der Waals surface area (Å²) in [6.45, 7) is 7.32. The number of fused-ring (bicyclic) bond motifs is 1. The highest BCUT2D eigenvalue weighted by atomic mass is 32.2. The van der Waals surface area contributed by atoms with Gasteiger partial charge in [-0.1, -0.05) is 5.16 Å². The van der Waals surface area contributed by atoms with Crippen LogP contribution in [-0.2, 0) is 20.9 Å². The van der Waals surface area contributed by atoms with E-state index >= 15 is 0 Å². The normalized spacial score (nSPS) is 10.8. The zero-order chi connectivity index (χ0) is 23.1. The molecule has 2 heterocycles. The minimum atomic E-state index is -0.252. The Morgan fingerprint density at radius 3 is 2.44 bits per heavy atom. The first kappa shape index (κ1) is 23.4. The molecule has 0 atom stereocenters. The molecular weight excluding hydrogens is 430 g/mol. The molecule has 2 N–H and O–H groups in total. The quantitative estimate of drug-likeness (QED) is 0.484. The lowest BCUT2D eigenvalue weighted by molar-refractivity contribution is -0.131. The van der Waals surface area contributed by atoms with Crippen molar-refractivity contribution in [3.63, 3.8) is 0 Å². The number of rotatable bonds is 10. The molecule has 0 aliphatic rings. The highest BCUT2D eigenvalue weighted by Gasteiger charge is 2.13. The van der Waals surface area contributed by atoms with Crippen molar-refractivity contribution in [3.8, 4) is 0 Å². The molecule has 2 aromatic heterocycles. The van der Waals surface area contributed by atoms with Crippen LogP contribution in [0.25, 0.3) is 10.9 Å². The third kappa shape index (κ3) is 6.13. The van der Waals surface area contributed by atoms with E-state index in [0.717, 1.165) is 10.9 Å². The lowest BCUT2D eigenvalue weighted by Gasteiger charge is -2.19. The number of hydrogen-bond donors (Lipinski definition) is 2. The van der Waals surface area contributed by atoms with Crippen LogP contribution in [-0.4, -0.2) is 56.9 Å². The number of nitrogens with one attached hydrogen (secondary N) is 2. The number of amides is 3. The SMILES string of the molecule is CCN(CC)C(=O)Cn1ccc2cc(NC(=O)CSCC(=O)Nc3cc(C)on3)ccc21. The Hall–Kier alpha value is -3.27. The molecule has 0 saturated heterocycles. The molecule has 0 spiro atoms. The Kier molecular flexibility index (Phi) is 7.93. The summed E-state index contributed by atoms with van der Waals surface area (Å²) in [4.78, 5) is 38.3. The maximum absolute atomic E-state index is 12.4. The number of thioether (sulfide) groups is 1. The number of hydrogen-bond acceptors (Lipinski definition) is 6. The maximum atomic E-state index is 12.4. The summed E-state index contributed by atoms with van der Waals surface area (Å²) in [6.07, 6.45) is 1.88. The number of likely N-dealkylation sites (N-methyl/N-ethyl adjacent to an activating group) is 1. The first-order valence-electron chi connectivity index (χ1n) is 10.4. The van der Waals surface area contributed by atoms with Crippen LogP contribution in [0.4, 0.5) is 11.5 Å². The Labute approximate surface area is 190 Å². The van der Waals surface area contributed by atoms with Gasteiger partial charge < -0.3 is 24.6 Å². The van der Waals surface area contributed by atoms with Crippen molar-refractivity contribution in [1.82, 2.24) is 14.6 Å². The molecule has 32 heavy (non-hydrogen) atoms. The fourth-order valence-electron chi connectivity index (χ4n) is 3.28. The summed E-state index contributed by atoms with van der Waals surface area (Å²) in [5, 5.41) is 10.1. The van der Waals surface area contributed by atoms with E-state index in [9.17, 15) is 14.4 Å². The number of aryl methyl sites for hydroxylation is 1. The predicted molar refractivity (Wildman–Crippen MR) is 126 cm³/mol. The standard InChI is InChI=1S/C22H27N5O4S/c1-4-26(5-2)22(30)12-27-9-8-16-11-17(6-7-18(16)27)23-20(28)13-32-14-21(29)24-19-10-15(3)31-25-19/h6-11H,4-5,12-14H2,1-3H3,(H,23,28)(H,24,25,29). The first-order chi connectivity index (χ1) is 15.4. The van der Waals surface area contributed by atoms with Gasteiger partial charge in [0.2, 0.25) is 17.7 Å². The van der Waals surface area contributed by atoms with Crippen molar-refractivity contribution < 1.29 is 18.9 Å². The van der Waals surface area contributed by atoms with Crippen LogP contribution in [0.15, 0.2) is 41.1 Å². The minimum absolute atomic E-state index is 0.0737. The molecule has 170 valence electrons. The van der Waals surface area contributed by atoms with Gasteiger partial charge in [-0.05, 0) is 45.0 Å². The lowest BCUT2D eigenvalue weighted by Crippen LogP contribution is -2.33. The van der Waals surface area contributed by atoms with Crippen LogP contribution in [0, 0.1) is 6.92 Å². The fourth-order valence-corrected chi connectivity index (χ4v) is 3.89. The zero-order valence-corrected chi connectivity index (χ0v) is 19.2. The van der Waals surface area contributed by atoms with Crippen LogP contribution in [0.5, 0.6) is 0 Å². The van der Waals surface area contributed by atoms with Crippen molar-refractivity contribution in [1.29, 1.82) is 0 Å². The molecular formula is C22H27N5O4S. The van der Waals surface area contributed by atoms with Crippen LogP contribution < -0.4 is 10.6 Å². The largest absolute Gasteiger partial charge is 0.360 e. The summed E-state index contributed by atoms with van der Waals surface area (Å²) in [7, 11) is 0. The van der Waals surface area contributed by atoms with Crippen molar-refractivity contribution in [2.45, 2.75) is 27.3 Å². The van der Waals surface area contributed by atoms with Crippen molar-refractivity contribution in [2.75, 3.05) is 35.2 Å². The van der Waals surface area contributed by atoms with E-state index in [1.54, 1.807) is 17.9 Å². The minimum Gasteiger partial charge on any atom is -0.360 e. The van der Waals surface area contributed by atoms with E-state index in [1.165, 1.54) is 11.8 Å². The number of nitrogens with zero attached hydrogens (tertiary/aromatic N) is 3. The molecule has 9 nitrogen and oxygen atoms in total. The number of benzene rings is 1. The molecule has 0 fully saturated rings. The van der Waals surface area contributed by atoms with Gasteiger partial charge in [-0.3, -0.25) is 14.4 Å². The smallest absolute Gasteiger partial charge is 0.242 e. The van der Waals surface area contributed by atoms with Gasteiger partial charge in [0.15, 0.2) is 5.82 Å². The van der Waals surface area contributed by atoms with E-state index in [-0.39, 0.29) is 35.8 Å². The van der Waals surface area contributed by atoms with Crippen LogP contribution in [0.1, 0.15) is 19.6 Å². The Morgan fingerprint density at radius 1 is 1.06 bits per heavy atom. The second kappa shape index (κ2) is 10.9. The van der Waals surface area contributed by atoms with E-state index in [1.807, 2.05) is 48.9 Å². The predicted octanol–water partition coefficient (Wildman–Crippen LogP) is 3.12. The van der Waals surface area contributed by atoms with E-state index < -0.39 is 0 Å². The highest BCUT2D eigenvalue weighted by Crippen LogP contribution is 2.21. The van der Waals surface area contributed by atoms with Crippen LogP contribution in [0.3, 0.4) is 0 Å². The van der Waals surface area contributed by atoms with Gasteiger partial charge in [0.1, 0.15) is 12.3 Å². The molecule has 10 heteroatoms. The van der Waals surface area contributed by atoms with Crippen molar-refractivity contribution >= 4 is 51.9 Å². The molecule has 0 aliphatic carbocycles. The van der Waals surface area contributed by atoms with Crippen LogP contribution >= 0.6 is 11.8 Å². The Bertz CT molecular complexity index is 1100. The van der Waals surface area contributed by atoms with Crippen molar-refractivity contribution in [3.05, 3.63) is 42.3 Å². The molecule has 3 aromatic rings. The van der Waals surface area contributed by atoms with Gasteiger partial charge in [0, 0.05) is 41.9 Å². The van der Waals surface area contributed by atoms with Crippen molar-refractivity contribution in [2.24, 2.45) is 0 Å². The zero-order valence-electron chi connectivity index (χ0n) is 18.4. The summed E-state index contributed by atoms with van der Waals surface area (Å²) in [5.74, 6) is 0.856. The number of anilines is 2. The highest BCUT2D eigenvalue weighted by molar-refractivity contribution is 8.00. The summed E-state index contributed by atoms with van der Waals surface area (Å²) in [6, 6.07) is 9.11. The second-order valence-electron chi connectivity index (χ2n) is 7.20. The molecule has 3 amide bonds. The molecule has 3 rings (SSSR count). The Morgan fingerprint density at radius 2 is 1.78 bits per heavy atom. The van der Waals surface area contributed by atoms with E-state index in [2.05, 4.69) is 15.8 Å². The second-order valence-corrected chi connectivity index (χ2v) is 8.18. The summed E-state index contributed by atoms with van der Waals surface area (Å²) < 4.78 is 6.80. The van der Waals surface area contributed by atoms with Gasteiger partial charge >= 0.3 is 0 Å². The van der Waals surface area contributed by atoms with Gasteiger partial charge in [-0.25, -0.2) is 0 Å². The molecule has 0 bridgehead atoms. The summed E-state index contributed by atoms with van der Waals surface area (Å²) in [5.41, 5.74) is 1.59. The number of carbonyl (C=O) groups is 3. The van der Waals surface area contributed by atoms with Gasteiger partial charge in [0.05, 0.1) is 11.5 Å². The third-order valence-electron chi connectivity index (χ3n) is 4.84. The lowest BCUT2D eigenvalue weighted by atomic mass is 10.2. The molecule has 0 radical (unpaired) electrons. The average Bonchev–Trinajstić information content (AvgIpc) is 3.34. The Balaban J connectivity index is 1.49. The monoisotopic (exact) mass is 457 g/mol. The molecule has 0 aliphatic heterocycles. The summed E-state index contributed by atoms with van der Waals surface area (Å²) >= 11 is 1.21. The van der Waals surface area contributed by atoms with Crippen LogP contribution in [0.2, 0.25) is 0 Å². The fraction of sp³-hybridized carbons (Fsp3) is 0.364. The average molecular weight is 458 g/mol. The number of carbonyl (C=O) groups excluding carboxylic acids is 3. The van der Waals surface area contributed by atoms with Gasteiger partial charge in [-0.2, -0.15) is 0 Å². The van der Waals surface area contributed by atoms with E-state index in [0.29, 0.717) is 30.4 Å². The van der Waals surface area contributed by atoms with E-state index in [4.69, 9.17) is 4.52 Å². The third-order valence-corrected chi connectivity index (χ3v) is 5.77. The van der Waals surface area contributed by atoms with Gasteiger partial charge in [0.25, 0.3) is 0 Å². The van der Waals surface area contributed by atoms with Gasteiger partial charge in [-0.15, -0.1) is 11.8 Å². The number of aromatic nitrogens is 2. The molecule has 1 aromatic carbocycles.